The normalized spacial score (nSPS) is 11.0. The molecule has 0 aliphatic heterocycles. The molecule has 27 heavy (non-hydrogen) atoms. The number of halogens is 2. The zero-order valence-electron chi connectivity index (χ0n) is 16.0. The van der Waals surface area contributed by atoms with Crippen molar-refractivity contribution in [3.63, 3.8) is 0 Å². The number of aryl methyl sites for hydroxylation is 1. The van der Waals surface area contributed by atoms with E-state index < -0.39 is 5.97 Å². The fourth-order valence-electron chi connectivity index (χ4n) is 2.81. The lowest BCUT2D eigenvalue weighted by atomic mass is 10.1. The van der Waals surface area contributed by atoms with Gasteiger partial charge >= 0.3 is 5.97 Å². The van der Waals surface area contributed by atoms with Crippen LogP contribution in [0, 0.1) is 13.8 Å². The van der Waals surface area contributed by atoms with Crippen LogP contribution in [0.3, 0.4) is 0 Å². The number of methoxy groups -OCH3 is 1. The molecule has 2 rings (SSSR count). The first kappa shape index (κ1) is 21.3. The maximum absolute atomic E-state index is 12.8. The lowest BCUT2D eigenvalue weighted by molar-refractivity contribution is -0.148. The molecule has 1 aromatic carbocycles. The SMILES string of the molecule is COC(=O)CN(C(=O)Cc1c(C)nn(-c2ccc(Cl)c(Cl)c2)c1C)C(C)C. The monoisotopic (exact) mass is 411 g/mol. The highest BCUT2D eigenvalue weighted by atomic mass is 35.5. The molecule has 0 unspecified atom stereocenters. The first-order valence-electron chi connectivity index (χ1n) is 8.52. The third kappa shape index (κ3) is 4.82. The van der Waals surface area contributed by atoms with Crippen LogP contribution in [0.15, 0.2) is 18.2 Å². The molecule has 0 bridgehead atoms. The highest BCUT2D eigenvalue weighted by molar-refractivity contribution is 6.42. The Balaban J connectivity index is 2.31. The molecule has 0 aliphatic rings. The van der Waals surface area contributed by atoms with Crippen LogP contribution >= 0.6 is 23.2 Å². The number of aromatic nitrogens is 2. The number of rotatable bonds is 6. The molecule has 2 aromatic rings. The van der Waals surface area contributed by atoms with Gasteiger partial charge in [0, 0.05) is 17.3 Å². The van der Waals surface area contributed by atoms with E-state index in [1.165, 1.54) is 12.0 Å². The predicted molar refractivity (Wildman–Crippen MR) is 106 cm³/mol. The van der Waals surface area contributed by atoms with E-state index in [9.17, 15) is 9.59 Å². The number of esters is 1. The summed E-state index contributed by atoms with van der Waals surface area (Å²) in [5.41, 5.74) is 3.16. The van der Waals surface area contributed by atoms with Gasteiger partial charge in [-0.3, -0.25) is 9.59 Å². The van der Waals surface area contributed by atoms with Crippen molar-refractivity contribution >= 4 is 35.1 Å². The summed E-state index contributed by atoms with van der Waals surface area (Å²) < 4.78 is 6.43. The molecule has 1 aromatic heterocycles. The minimum atomic E-state index is -0.447. The highest BCUT2D eigenvalue weighted by Crippen LogP contribution is 2.26. The summed E-state index contributed by atoms with van der Waals surface area (Å²) in [6.45, 7) is 7.39. The van der Waals surface area contributed by atoms with Crippen molar-refractivity contribution in [1.82, 2.24) is 14.7 Å². The topological polar surface area (TPSA) is 64.4 Å². The maximum atomic E-state index is 12.8. The van der Waals surface area contributed by atoms with Crippen LogP contribution in [0.2, 0.25) is 10.0 Å². The van der Waals surface area contributed by atoms with E-state index in [1.807, 2.05) is 33.8 Å². The molecule has 1 heterocycles. The quantitative estimate of drug-likeness (QED) is 0.678. The summed E-state index contributed by atoms with van der Waals surface area (Å²) >= 11 is 12.1. The summed E-state index contributed by atoms with van der Waals surface area (Å²) in [4.78, 5) is 25.9. The Labute approximate surface area is 169 Å². The second-order valence-corrected chi connectivity index (χ2v) is 7.34. The second-order valence-electron chi connectivity index (χ2n) is 6.53. The van der Waals surface area contributed by atoms with Gasteiger partial charge in [-0.05, 0) is 45.9 Å². The molecule has 0 aliphatic carbocycles. The molecule has 0 spiro atoms. The van der Waals surface area contributed by atoms with Crippen molar-refractivity contribution < 1.29 is 14.3 Å². The molecular formula is C19H23Cl2N3O3. The van der Waals surface area contributed by atoms with E-state index in [0.29, 0.717) is 10.0 Å². The molecule has 0 saturated heterocycles. The van der Waals surface area contributed by atoms with Gasteiger partial charge in [-0.1, -0.05) is 23.2 Å². The Hall–Kier alpha value is -2.05. The van der Waals surface area contributed by atoms with Crippen LogP contribution in [0.4, 0.5) is 0 Å². The molecule has 0 atom stereocenters. The summed E-state index contributed by atoms with van der Waals surface area (Å²) in [6, 6.07) is 5.13. The summed E-state index contributed by atoms with van der Waals surface area (Å²) in [5.74, 6) is -0.604. The summed E-state index contributed by atoms with van der Waals surface area (Å²) in [7, 11) is 1.31. The molecule has 146 valence electrons. The Morgan fingerprint density at radius 2 is 1.89 bits per heavy atom. The molecule has 0 fully saturated rings. The van der Waals surface area contributed by atoms with Gasteiger partial charge in [0.05, 0.1) is 35.0 Å². The van der Waals surface area contributed by atoms with E-state index in [1.54, 1.807) is 16.8 Å². The van der Waals surface area contributed by atoms with Gasteiger partial charge in [0.15, 0.2) is 0 Å². The standard InChI is InChI=1S/C19H23Cl2N3O3/c1-11(2)23(10-19(26)27-5)18(25)9-15-12(3)22-24(13(15)4)14-6-7-16(20)17(21)8-14/h6-8,11H,9-10H2,1-5H3. The van der Waals surface area contributed by atoms with E-state index in [-0.39, 0.29) is 24.9 Å². The predicted octanol–water partition coefficient (Wildman–Crippen LogP) is 3.75. The van der Waals surface area contributed by atoms with Crippen molar-refractivity contribution in [2.45, 2.75) is 40.2 Å². The average Bonchev–Trinajstić information content (AvgIpc) is 2.89. The van der Waals surface area contributed by atoms with Gasteiger partial charge in [0.25, 0.3) is 0 Å². The molecular weight excluding hydrogens is 389 g/mol. The molecule has 0 radical (unpaired) electrons. The number of carbonyl (C=O) groups is 2. The first-order valence-corrected chi connectivity index (χ1v) is 9.28. The van der Waals surface area contributed by atoms with Gasteiger partial charge in [0.1, 0.15) is 6.54 Å². The fourth-order valence-corrected chi connectivity index (χ4v) is 3.11. The fraction of sp³-hybridized carbons (Fsp3) is 0.421. The van der Waals surface area contributed by atoms with Crippen molar-refractivity contribution in [2.24, 2.45) is 0 Å². The summed E-state index contributed by atoms with van der Waals surface area (Å²) in [5, 5.41) is 5.44. The Bertz CT molecular complexity index is 862. The Kier molecular flexibility index (Phi) is 6.89. The lowest BCUT2D eigenvalue weighted by Crippen LogP contribution is -2.42. The third-order valence-electron chi connectivity index (χ3n) is 4.39. The minimum absolute atomic E-state index is 0.0774. The third-order valence-corrected chi connectivity index (χ3v) is 5.13. The highest BCUT2D eigenvalue weighted by Gasteiger charge is 2.24. The zero-order valence-corrected chi connectivity index (χ0v) is 17.6. The molecule has 6 nitrogen and oxygen atoms in total. The van der Waals surface area contributed by atoms with Crippen molar-refractivity contribution in [2.75, 3.05) is 13.7 Å². The van der Waals surface area contributed by atoms with E-state index in [2.05, 4.69) is 9.84 Å². The number of hydrogen-bond donors (Lipinski definition) is 0. The number of amides is 1. The number of hydrogen-bond acceptors (Lipinski definition) is 4. The van der Waals surface area contributed by atoms with Crippen LogP contribution in [0.5, 0.6) is 0 Å². The molecule has 0 N–H and O–H groups in total. The Morgan fingerprint density at radius 1 is 1.22 bits per heavy atom. The lowest BCUT2D eigenvalue weighted by Gasteiger charge is -2.25. The van der Waals surface area contributed by atoms with E-state index in [0.717, 1.165) is 22.6 Å². The van der Waals surface area contributed by atoms with Crippen molar-refractivity contribution in [3.8, 4) is 5.69 Å². The number of carbonyl (C=O) groups excluding carboxylic acids is 2. The zero-order chi connectivity index (χ0) is 20.3. The number of benzene rings is 1. The Morgan fingerprint density at radius 3 is 2.44 bits per heavy atom. The van der Waals surface area contributed by atoms with Crippen LogP contribution in [0.1, 0.15) is 30.8 Å². The summed E-state index contributed by atoms with van der Waals surface area (Å²) in [6.07, 6.45) is 0.147. The smallest absolute Gasteiger partial charge is 0.325 e. The maximum Gasteiger partial charge on any atom is 0.325 e. The van der Waals surface area contributed by atoms with Gasteiger partial charge in [-0.25, -0.2) is 4.68 Å². The van der Waals surface area contributed by atoms with Gasteiger partial charge in [-0.2, -0.15) is 5.10 Å². The van der Waals surface area contributed by atoms with Crippen LogP contribution in [-0.4, -0.2) is 46.3 Å². The first-order chi connectivity index (χ1) is 12.6. The minimum Gasteiger partial charge on any atom is -0.468 e. The van der Waals surface area contributed by atoms with E-state index in [4.69, 9.17) is 23.2 Å². The van der Waals surface area contributed by atoms with Gasteiger partial charge in [-0.15, -0.1) is 0 Å². The molecule has 8 heteroatoms. The van der Waals surface area contributed by atoms with Crippen LogP contribution < -0.4 is 0 Å². The average molecular weight is 412 g/mol. The van der Waals surface area contributed by atoms with Gasteiger partial charge < -0.3 is 9.64 Å². The number of nitrogens with zero attached hydrogens (tertiary/aromatic N) is 3. The van der Waals surface area contributed by atoms with E-state index >= 15 is 0 Å². The van der Waals surface area contributed by atoms with Crippen molar-refractivity contribution in [1.29, 1.82) is 0 Å². The largest absolute Gasteiger partial charge is 0.468 e. The molecule has 0 saturated carbocycles. The number of ether oxygens (including phenoxy) is 1. The van der Waals surface area contributed by atoms with Crippen LogP contribution in [-0.2, 0) is 20.7 Å². The van der Waals surface area contributed by atoms with Gasteiger partial charge in [0.2, 0.25) is 5.91 Å². The second kappa shape index (κ2) is 8.76. The van der Waals surface area contributed by atoms with Crippen LogP contribution in [0.25, 0.3) is 5.69 Å². The van der Waals surface area contributed by atoms with Crippen molar-refractivity contribution in [3.05, 3.63) is 45.2 Å². The molecule has 1 amide bonds.